The fourth-order valence-electron chi connectivity index (χ4n) is 2.94. The molecule has 0 bridgehead atoms. The number of nitrogens with one attached hydrogen (secondary N) is 1. The van der Waals surface area contributed by atoms with E-state index in [4.69, 9.17) is 9.47 Å². The molecular weight excluding hydrogens is 410 g/mol. The van der Waals surface area contributed by atoms with Crippen molar-refractivity contribution in [1.29, 1.82) is 0 Å². The molecule has 3 aromatic rings. The molecule has 138 valence electrons. The Morgan fingerprint density at radius 3 is 2.78 bits per heavy atom. The number of rotatable bonds is 3. The van der Waals surface area contributed by atoms with Gasteiger partial charge in [-0.25, -0.2) is 4.68 Å². The van der Waals surface area contributed by atoms with E-state index in [1.807, 2.05) is 37.3 Å². The minimum Gasteiger partial charge on any atom is -0.490 e. The van der Waals surface area contributed by atoms with Gasteiger partial charge in [0.25, 0.3) is 5.91 Å². The monoisotopic (exact) mass is 427 g/mol. The van der Waals surface area contributed by atoms with Crippen molar-refractivity contribution >= 4 is 27.5 Å². The van der Waals surface area contributed by atoms with Gasteiger partial charge >= 0.3 is 0 Å². The zero-order valence-electron chi connectivity index (χ0n) is 14.7. The third-order valence-electron chi connectivity index (χ3n) is 4.31. The number of hydrogen-bond acceptors (Lipinski definition) is 4. The Hall–Kier alpha value is -2.80. The fourth-order valence-corrected chi connectivity index (χ4v) is 3.33. The molecule has 1 aliphatic rings. The van der Waals surface area contributed by atoms with Crippen LogP contribution in [-0.2, 0) is 0 Å². The van der Waals surface area contributed by atoms with Crippen molar-refractivity contribution in [3.63, 3.8) is 0 Å². The van der Waals surface area contributed by atoms with E-state index in [2.05, 4.69) is 26.3 Å². The van der Waals surface area contributed by atoms with Gasteiger partial charge in [0.1, 0.15) is 0 Å². The smallest absolute Gasteiger partial charge is 0.259 e. The van der Waals surface area contributed by atoms with E-state index < -0.39 is 0 Å². The second-order valence-corrected chi connectivity index (χ2v) is 7.12. The van der Waals surface area contributed by atoms with Crippen molar-refractivity contribution < 1.29 is 14.3 Å². The highest BCUT2D eigenvalue weighted by Gasteiger charge is 2.17. The average molecular weight is 428 g/mol. The molecule has 27 heavy (non-hydrogen) atoms. The summed E-state index contributed by atoms with van der Waals surface area (Å²) in [5.74, 6) is 1.12. The summed E-state index contributed by atoms with van der Waals surface area (Å²) in [7, 11) is 0. The van der Waals surface area contributed by atoms with E-state index >= 15 is 0 Å². The Kier molecular flexibility index (Phi) is 4.85. The SMILES string of the molecule is Cc1c(C(=O)Nc2ccc3c(c2)OCCCO3)cnn1-c1cccc(Br)c1. The van der Waals surface area contributed by atoms with Crippen LogP contribution in [0, 0.1) is 6.92 Å². The molecule has 1 aromatic heterocycles. The highest BCUT2D eigenvalue weighted by Crippen LogP contribution is 2.32. The van der Waals surface area contributed by atoms with Gasteiger partial charge in [0, 0.05) is 22.6 Å². The van der Waals surface area contributed by atoms with Crippen LogP contribution in [-0.4, -0.2) is 28.9 Å². The van der Waals surface area contributed by atoms with Crippen LogP contribution in [0.4, 0.5) is 5.69 Å². The van der Waals surface area contributed by atoms with Crippen LogP contribution in [0.25, 0.3) is 5.69 Å². The molecule has 1 amide bonds. The van der Waals surface area contributed by atoms with Gasteiger partial charge in [-0.15, -0.1) is 0 Å². The Labute approximate surface area is 165 Å². The van der Waals surface area contributed by atoms with E-state index in [1.165, 1.54) is 0 Å². The van der Waals surface area contributed by atoms with Gasteiger partial charge in [-0.05, 0) is 37.3 Å². The van der Waals surface area contributed by atoms with Gasteiger partial charge in [0.05, 0.1) is 36.4 Å². The number of anilines is 1. The van der Waals surface area contributed by atoms with Gasteiger partial charge in [-0.2, -0.15) is 5.10 Å². The first-order valence-corrected chi connectivity index (χ1v) is 9.43. The predicted octanol–water partition coefficient (Wildman–Crippen LogP) is 4.36. The molecule has 4 rings (SSSR count). The lowest BCUT2D eigenvalue weighted by Gasteiger charge is -2.10. The topological polar surface area (TPSA) is 65.4 Å². The predicted molar refractivity (Wildman–Crippen MR) is 106 cm³/mol. The number of amides is 1. The summed E-state index contributed by atoms with van der Waals surface area (Å²) in [6.45, 7) is 3.10. The van der Waals surface area contributed by atoms with Gasteiger partial charge < -0.3 is 14.8 Å². The molecular formula is C20H18BrN3O3. The molecule has 0 spiro atoms. The molecule has 0 fully saturated rings. The van der Waals surface area contributed by atoms with Crippen LogP contribution < -0.4 is 14.8 Å². The number of benzene rings is 2. The first-order chi connectivity index (χ1) is 13.1. The number of aromatic nitrogens is 2. The summed E-state index contributed by atoms with van der Waals surface area (Å²) in [5.41, 5.74) is 2.82. The maximum atomic E-state index is 12.7. The average Bonchev–Trinajstić information content (AvgIpc) is 2.89. The maximum Gasteiger partial charge on any atom is 0.259 e. The van der Waals surface area contributed by atoms with Crippen LogP contribution >= 0.6 is 15.9 Å². The second-order valence-electron chi connectivity index (χ2n) is 6.20. The number of ether oxygens (including phenoxy) is 2. The van der Waals surface area contributed by atoms with Crippen molar-refractivity contribution in [3.05, 3.63) is 64.4 Å². The molecule has 0 radical (unpaired) electrons. The highest BCUT2D eigenvalue weighted by molar-refractivity contribution is 9.10. The molecule has 7 heteroatoms. The molecule has 1 aliphatic heterocycles. The molecule has 1 N–H and O–H groups in total. The summed E-state index contributed by atoms with van der Waals surface area (Å²) in [5, 5.41) is 7.27. The van der Waals surface area contributed by atoms with Crippen LogP contribution in [0.2, 0.25) is 0 Å². The van der Waals surface area contributed by atoms with Gasteiger partial charge in [-0.1, -0.05) is 22.0 Å². The van der Waals surface area contributed by atoms with E-state index in [9.17, 15) is 4.79 Å². The third-order valence-corrected chi connectivity index (χ3v) is 4.81. The molecule has 0 saturated carbocycles. The van der Waals surface area contributed by atoms with Crippen LogP contribution in [0.15, 0.2) is 53.1 Å². The van der Waals surface area contributed by atoms with Crippen molar-refractivity contribution in [2.45, 2.75) is 13.3 Å². The summed E-state index contributed by atoms with van der Waals surface area (Å²) in [6.07, 6.45) is 2.42. The number of fused-ring (bicyclic) bond motifs is 1. The molecule has 2 heterocycles. The van der Waals surface area contributed by atoms with Gasteiger partial charge in [0.15, 0.2) is 11.5 Å². The standard InChI is InChI=1S/C20H18BrN3O3/c1-13-17(12-22-24(13)16-5-2-4-14(21)10-16)20(25)23-15-6-7-18-19(11-15)27-9-3-8-26-18/h2,4-7,10-12H,3,8-9H2,1H3,(H,23,25). The Bertz CT molecular complexity index is 1000. The van der Waals surface area contributed by atoms with Crippen LogP contribution in [0.3, 0.4) is 0 Å². The van der Waals surface area contributed by atoms with Crippen molar-refractivity contribution in [2.24, 2.45) is 0 Å². The summed E-state index contributed by atoms with van der Waals surface area (Å²) in [6, 6.07) is 13.2. The Balaban J connectivity index is 1.56. The van der Waals surface area contributed by atoms with Gasteiger partial charge in [-0.3, -0.25) is 4.79 Å². The lowest BCUT2D eigenvalue weighted by molar-refractivity contribution is 0.102. The van der Waals surface area contributed by atoms with E-state index in [0.717, 1.165) is 22.3 Å². The molecule has 0 atom stereocenters. The summed E-state index contributed by atoms with van der Waals surface area (Å²) in [4.78, 5) is 12.7. The number of hydrogen-bond donors (Lipinski definition) is 1. The molecule has 0 unspecified atom stereocenters. The van der Waals surface area contributed by atoms with Crippen molar-refractivity contribution in [2.75, 3.05) is 18.5 Å². The van der Waals surface area contributed by atoms with E-state index in [1.54, 1.807) is 23.0 Å². The van der Waals surface area contributed by atoms with Crippen molar-refractivity contribution in [3.8, 4) is 17.2 Å². The molecule has 0 aliphatic carbocycles. The van der Waals surface area contributed by atoms with Gasteiger partial charge in [0.2, 0.25) is 0 Å². The summed E-state index contributed by atoms with van der Waals surface area (Å²) < 4.78 is 14.0. The molecule has 2 aromatic carbocycles. The van der Waals surface area contributed by atoms with E-state index in [-0.39, 0.29) is 5.91 Å². The number of carbonyl (C=O) groups excluding carboxylic acids is 1. The van der Waals surface area contributed by atoms with E-state index in [0.29, 0.717) is 36.0 Å². The highest BCUT2D eigenvalue weighted by atomic mass is 79.9. The molecule has 6 nitrogen and oxygen atoms in total. The van der Waals surface area contributed by atoms with Crippen LogP contribution in [0.5, 0.6) is 11.5 Å². The van der Waals surface area contributed by atoms with Crippen LogP contribution in [0.1, 0.15) is 22.5 Å². The minimum atomic E-state index is -0.219. The van der Waals surface area contributed by atoms with Crippen molar-refractivity contribution in [1.82, 2.24) is 9.78 Å². The summed E-state index contributed by atoms with van der Waals surface area (Å²) >= 11 is 3.46. The zero-order valence-corrected chi connectivity index (χ0v) is 16.3. The first-order valence-electron chi connectivity index (χ1n) is 8.63. The third kappa shape index (κ3) is 3.68. The Morgan fingerprint density at radius 2 is 1.96 bits per heavy atom. The number of halogens is 1. The number of nitrogens with zero attached hydrogens (tertiary/aromatic N) is 2. The maximum absolute atomic E-state index is 12.7. The first kappa shape index (κ1) is 17.6. The largest absolute Gasteiger partial charge is 0.490 e. The quantitative estimate of drug-likeness (QED) is 0.674. The number of carbonyl (C=O) groups is 1. The molecule has 0 saturated heterocycles. The second kappa shape index (κ2) is 7.44. The lowest BCUT2D eigenvalue weighted by Crippen LogP contribution is -2.13. The fraction of sp³-hybridized carbons (Fsp3) is 0.200. The minimum absolute atomic E-state index is 0.219. The Morgan fingerprint density at radius 1 is 1.15 bits per heavy atom. The zero-order chi connectivity index (χ0) is 18.8. The lowest BCUT2D eigenvalue weighted by atomic mass is 10.2. The normalized spacial score (nSPS) is 13.1.